The highest BCUT2D eigenvalue weighted by molar-refractivity contribution is 6.27. The van der Waals surface area contributed by atoms with Crippen molar-refractivity contribution in [3.8, 4) is 16.8 Å². The van der Waals surface area contributed by atoms with Crippen LogP contribution in [-0.2, 0) is 6.42 Å². The highest BCUT2D eigenvalue weighted by atomic mass is 16.3. The Balaban J connectivity index is 0.989. The van der Waals surface area contributed by atoms with Gasteiger partial charge in [-0.05, 0) is 168 Å². The van der Waals surface area contributed by atoms with Crippen LogP contribution in [0.25, 0.3) is 122 Å². The highest BCUT2D eigenvalue weighted by Gasteiger charge is 2.43. The lowest BCUT2D eigenvalue weighted by Crippen LogP contribution is -2.34. The van der Waals surface area contributed by atoms with Crippen molar-refractivity contribution < 1.29 is 13.3 Å². The predicted molar refractivity (Wildman–Crippen MR) is 299 cm³/mol. The number of nitrogens with zero attached hydrogens (tertiary/aromatic N) is 2. The average molecular weight is 943 g/mol. The van der Waals surface area contributed by atoms with E-state index in [9.17, 15) is 0 Å². The topological polar surface area (TPSA) is 47.6 Å². The Kier molecular flexibility index (Phi) is 8.36. The summed E-state index contributed by atoms with van der Waals surface area (Å²) in [5.41, 5.74) is 20.2. The van der Waals surface area contributed by atoms with Gasteiger partial charge in [-0.1, -0.05) is 110 Å². The zero-order valence-electron chi connectivity index (χ0n) is 40.5. The second-order valence-electron chi connectivity index (χ2n) is 21.5. The van der Waals surface area contributed by atoms with Crippen molar-refractivity contribution in [2.24, 2.45) is 5.92 Å². The first-order valence-corrected chi connectivity index (χ1v) is 26.7. The van der Waals surface area contributed by atoms with Crippen LogP contribution in [0, 0.1) is 5.92 Å². The molecule has 73 heavy (non-hydrogen) atoms. The summed E-state index contributed by atoms with van der Waals surface area (Å²) in [6, 6.07) is 53.7. The lowest BCUT2D eigenvalue weighted by Gasteiger charge is -2.38. The lowest BCUT2D eigenvalue weighted by atomic mass is 9.76. The number of aromatic nitrogens is 1. The molecule has 0 bridgehead atoms. The molecule has 5 nitrogen and oxygen atoms in total. The zero-order valence-corrected chi connectivity index (χ0v) is 40.5. The third-order valence-corrected chi connectivity index (χ3v) is 17.7. The Hall–Kier alpha value is -8.28. The van der Waals surface area contributed by atoms with E-state index in [0.29, 0.717) is 12.0 Å². The van der Waals surface area contributed by atoms with Crippen molar-refractivity contribution in [2.45, 2.75) is 69.7 Å². The van der Waals surface area contributed by atoms with Crippen LogP contribution in [0.4, 0.5) is 0 Å². The molecular weight excluding hydrogens is 893 g/mol. The van der Waals surface area contributed by atoms with Gasteiger partial charge in [-0.3, -0.25) is 0 Å². The van der Waals surface area contributed by atoms with Crippen molar-refractivity contribution in [3.63, 3.8) is 0 Å². The molecule has 0 saturated heterocycles. The van der Waals surface area contributed by atoms with Gasteiger partial charge in [-0.15, -0.1) is 0 Å². The van der Waals surface area contributed by atoms with Crippen LogP contribution in [0.2, 0.25) is 0 Å². The van der Waals surface area contributed by atoms with E-state index in [0.717, 1.165) is 86.6 Å². The van der Waals surface area contributed by atoms with E-state index in [1.54, 1.807) is 5.57 Å². The normalized spacial score (nSPS) is 18.8. The molecule has 0 N–H and O–H groups in total. The van der Waals surface area contributed by atoms with Crippen molar-refractivity contribution in [3.05, 3.63) is 202 Å². The van der Waals surface area contributed by atoms with Gasteiger partial charge in [0, 0.05) is 77.9 Å². The predicted octanol–water partition coefficient (Wildman–Crippen LogP) is 16.7. The molecule has 1 aliphatic heterocycles. The third kappa shape index (κ3) is 5.74. The maximum Gasteiger partial charge on any atom is 0.136 e. The molecule has 2 unspecified atom stereocenters. The average Bonchev–Trinajstić information content (AvgIpc) is 4.28. The Morgan fingerprint density at radius 1 is 0.562 bits per heavy atom. The second-order valence-corrected chi connectivity index (χ2v) is 21.5. The summed E-state index contributed by atoms with van der Waals surface area (Å²) >= 11 is 0. The molecule has 1 saturated carbocycles. The third-order valence-electron chi connectivity index (χ3n) is 17.7. The number of benzene rings is 8. The Morgan fingerprint density at radius 2 is 1.33 bits per heavy atom. The van der Waals surface area contributed by atoms with E-state index >= 15 is 0 Å². The van der Waals surface area contributed by atoms with Crippen molar-refractivity contribution >= 4 is 106 Å². The summed E-state index contributed by atoms with van der Waals surface area (Å²) in [5, 5.41) is 12.0. The van der Waals surface area contributed by atoms with Gasteiger partial charge >= 0.3 is 0 Å². The quantitative estimate of drug-likeness (QED) is 0.176. The molecule has 4 aliphatic carbocycles. The molecule has 350 valence electrons. The number of rotatable bonds is 4. The maximum atomic E-state index is 7.48. The highest BCUT2D eigenvalue weighted by Crippen LogP contribution is 2.54. The van der Waals surface area contributed by atoms with Gasteiger partial charge in [0.2, 0.25) is 0 Å². The van der Waals surface area contributed by atoms with Crippen molar-refractivity contribution in [2.75, 3.05) is 0 Å². The first-order chi connectivity index (χ1) is 36.2. The summed E-state index contributed by atoms with van der Waals surface area (Å²) in [6.45, 7) is 0. The van der Waals surface area contributed by atoms with E-state index < -0.39 is 0 Å². The Labute approximate surface area is 420 Å². The van der Waals surface area contributed by atoms with Gasteiger partial charge in [0.25, 0.3) is 0 Å². The lowest BCUT2D eigenvalue weighted by molar-refractivity contribution is 0.249. The van der Waals surface area contributed by atoms with Crippen LogP contribution in [0.3, 0.4) is 0 Å². The smallest absolute Gasteiger partial charge is 0.136 e. The molecule has 1 fully saturated rings. The molecule has 0 amide bonds. The van der Waals surface area contributed by atoms with E-state index in [1.165, 1.54) is 114 Å². The molecule has 8 aromatic carbocycles. The number of hydrogen-bond donors (Lipinski definition) is 0. The molecular formula is C68H50N2O3. The summed E-state index contributed by atoms with van der Waals surface area (Å²) in [7, 11) is 0. The molecule has 12 aromatic rings. The summed E-state index contributed by atoms with van der Waals surface area (Å²) in [4.78, 5) is 2.83. The first-order valence-electron chi connectivity index (χ1n) is 26.7. The summed E-state index contributed by atoms with van der Waals surface area (Å²) in [6.07, 6.45) is 22.9. The number of allylic oxidation sites excluding steroid dienone is 3. The largest absolute Gasteiger partial charge is 0.456 e. The van der Waals surface area contributed by atoms with E-state index in [-0.39, 0.29) is 5.92 Å². The molecule has 17 rings (SSSR count). The zero-order chi connectivity index (χ0) is 47.5. The minimum Gasteiger partial charge on any atom is -0.456 e. The SMILES string of the molecule is C1=CC2=C(CC1)C1Cc3c(c(C4C=c5c(oc6ccccc56)=CC4)cc4oc5cc(-c6ccc7oc8ccccc8c7c6)c6cc7c(cc6c5c34)c3ccccc3n7-c3ccccc3)C=C1N2C1CCCCC1. The molecule has 5 heteroatoms. The van der Waals surface area contributed by atoms with Gasteiger partial charge in [0.1, 0.15) is 33.3 Å². The monoisotopic (exact) mass is 942 g/mol. The fourth-order valence-electron chi connectivity index (χ4n) is 14.5. The number of furan rings is 3. The Morgan fingerprint density at radius 3 is 2.22 bits per heavy atom. The number of fused-ring (bicyclic) bond motifs is 18. The molecule has 5 heterocycles. The van der Waals surface area contributed by atoms with Crippen LogP contribution in [-0.4, -0.2) is 15.5 Å². The Bertz CT molecular complexity index is 4620. The molecule has 0 spiro atoms. The van der Waals surface area contributed by atoms with Crippen molar-refractivity contribution in [1.29, 1.82) is 0 Å². The van der Waals surface area contributed by atoms with Crippen LogP contribution >= 0.6 is 0 Å². The molecule has 5 aliphatic rings. The minimum absolute atomic E-state index is 0.146. The van der Waals surface area contributed by atoms with Crippen LogP contribution in [0.1, 0.15) is 74.0 Å². The fraction of sp³-hybridized carbons (Fsp3) is 0.176. The summed E-state index contributed by atoms with van der Waals surface area (Å²) < 4.78 is 22.8. The van der Waals surface area contributed by atoms with Gasteiger partial charge < -0.3 is 22.7 Å². The van der Waals surface area contributed by atoms with Gasteiger partial charge in [0.05, 0.1) is 11.0 Å². The first kappa shape index (κ1) is 40.3. The molecule has 4 aromatic heterocycles. The van der Waals surface area contributed by atoms with E-state index in [2.05, 4.69) is 185 Å². The van der Waals surface area contributed by atoms with Gasteiger partial charge in [-0.25, -0.2) is 0 Å². The molecule has 0 radical (unpaired) electrons. The standard InChI is InChI=1S/C68H50N2O3/c1-3-15-41(16-4-1)69-57-23-11-7-19-43(57)51-33-55-49(35-59(51)69)47(39-27-29-63-53(31-39)45-21-9-13-25-61(45)71-63)37-65-67(55)68-56-34-52-44-20-8-12-24-58(44)70(42-17-5-2-6-18-42)60(52)36-50(56)48(38-66(68)73-65)40-28-30-64-54(32-40)46-22-10-14-26-62(46)72-64/h1,3-4,7,9-16,19,21-27,29-33,35-38,40,42,52H,2,5-6,8,17-18,20,28,34H2. The fourth-order valence-corrected chi connectivity index (χ4v) is 14.5. The van der Waals surface area contributed by atoms with E-state index in [1.807, 2.05) is 0 Å². The van der Waals surface area contributed by atoms with Crippen LogP contribution < -0.4 is 10.6 Å². The van der Waals surface area contributed by atoms with Gasteiger partial charge in [0.15, 0.2) is 0 Å². The van der Waals surface area contributed by atoms with Gasteiger partial charge in [-0.2, -0.15) is 0 Å². The molecule has 2 atom stereocenters. The summed E-state index contributed by atoms with van der Waals surface area (Å²) in [5.74, 6) is 0.481. The van der Waals surface area contributed by atoms with Crippen LogP contribution in [0.15, 0.2) is 188 Å². The van der Waals surface area contributed by atoms with Crippen molar-refractivity contribution in [1.82, 2.24) is 9.47 Å². The second kappa shape index (κ2) is 15.1. The minimum atomic E-state index is 0.146. The maximum absolute atomic E-state index is 7.48. The van der Waals surface area contributed by atoms with E-state index in [4.69, 9.17) is 13.3 Å². The number of hydrogen-bond acceptors (Lipinski definition) is 4. The van der Waals surface area contributed by atoms with Crippen LogP contribution in [0.5, 0.6) is 0 Å². The number of para-hydroxylation sites is 4.